The average Bonchev–Trinajstić information content (AvgIpc) is 3.26. The van der Waals surface area contributed by atoms with Gasteiger partial charge in [0.15, 0.2) is 5.65 Å². The van der Waals surface area contributed by atoms with Crippen LogP contribution in [-0.2, 0) is 14.8 Å². The Labute approximate surface area is 198 Å². The molecule has 0 saturated carbocycles. The summed E-state index contributed by atoms with van der Waals surface area (Å²) in [5.41, 5.74) is 1.79. The lowest BCUT2D eigenvalue weighted by Gasteiger charge is -2.33. The first-order valence-electron chi connectivity index (χ1n) is 11.1. The maximum absolute atomic E-state index is 13.3. The number of hydrogen-bond donors (Lipinski definition) is 1. The number of benzene rings is 1. The molecule has 0 radical (unpaired) electrons. The molecule has 1 aromatic carbocycles. The van der Waals surface area contributed by atoms with Gasteiger partial charge in [-0.3, -0.25) is 9.20 Å². The summed E-state index contributed by atoms with van der Waals surface area (Å²) < 4.78 is 30.5. The number of carbonyl (C=O) groups is 1. The SMILES string of the molecule is CSCCC(NS(=O)(=O)c1ccc(C)cc1)C(=O)N1CCC(c2nnc3ccccn23)CC1. The predicted octanol–water partition coefficient (Wildman–Crippen LogP) is 2.84. The van der Waals surface area contributed by atoms with Crippen molar-refractivity contribution in [2.75, 3.05) is 25.1 Å². The molecule has 1 aliphatic rings. The predicted molar refractivity (Wildman–Crippen MR) is 130 cm³/mol. The van der Waals surface area contributed by atoms with Crippen LogP contribution in [0.2, 0.25) is 0 Å². The number of piperidine rings is 1. The second kappa shape index (κ2) is 10.2. The monoisotopic (exact) mass is 487 g/mol. The lowest BCUT2D eigenvalue weighted by Crippen LogP contribution is -2.50. The Hall–Kier alpha value is -2.43. The lowest BCUT2D eigenvalue weighted by atomic mass is 9.95. The first-order chi connectivity index (χ1) is 15.9. The van der Waals surface area contributed by atoms with Gasteiger partial charge in [-0.25, -0.2) is 8.42 Å². The number of carbonyl (C=O) groups excluding carboxylic acids is 1. The van der Waals surface area contributed by atoms with E-state index in [1.165, 1.54) is 0 Å². The summed E-state index contributed by atoms with van der Waals surface area (Å²) in [7, 11) is -3.79. The van der Waals surface area contributed by atoms with Gasteiger partial charge in [0, 0.05) is 25.2 Å². The van der Waals surface area contributed by atoms with E-state index >= 15 is 0 Å². The summed E-state index contributed by atoms with van der Waals surface area (Å²) in [6.45, 7) is 3.03. The van der Waals surface area contributed by atoms with Gasteiger partial charge in [-0.2, -0.15) is 16.5 Å². The zero-order valence-electron chi connectivity index (χ0n) is 18.8. The van der Waals surface area contributed by atoms with Crippen molar-refractivity contribution in [3.05, 3.63) is 60.0 Å². The zero-order valence-corrected chi connectivity index (χ0v) is 20.5. The fourth-order valence-corrected chi connectivity index (χ4v) is 5.85. The molecule has 0 spiro atoms. The smallest absolute Gasteiger partial charge is 0.241 e. The number of nitrogens with zero attached hydrogens (tertiary/aromatic N) is 4. The molecule has 0 bridgehead atoms. The molecule has 4 rings (SSSR count). The molecule has 3 aromatic rings. The summed E-state index contributed by atoms with van der Waals surface area (Å²) in [5, 5.41) is 8.61. The van der Waals surface area contributed by atoms with Crippen LogP contribution in [0.5, 0.6) is 0 Å². The van der Waals surface area contributed by atoms with Crippen LogP contribution in [0.1, 0.15) is 36.6 Å². The number of aromatic nitrogens is 3. The molecule has 176 valence electrons. The summed E-state index contributed by atoms with van der Waals surface area (Å²) in [6, 6.07) is 11.7. The summed E-state index contributed by atoms with van der Waals surface area (Å²) in [5.74, 6) is 1.65. The average molecular weight is 488 g/mol. The molecule has 1 amide bonds. The number of thioether (sulfide) groups is 1. The van der Waals surface area contributed by atoms with E-state index in [1.807, 2.05) is 42.0 Å². The molecule has 1 unspecified atom stereocenters. The van der Waals surface area contributed by atoms with Crippen LogP contribution in [0.4, 0.5) is 0 Å². The van der Waals surface area contributed by atoms with E-state index in [2.05, 4.69) is 14.9 Å². The van der Waals surface area contributed by atoms with Crippen LogP contribution in [-0.4, -0.2) is 65.0 Å². The third-order valence-electron chi connectivity index (χ3n) is 6.05. The fourth-order valence-electron chi connectivity index (χ4n) is 4.16. The van der Waals surface area contributed by atoms with Gasteiger partial charge < -0.3 is 4.90 Å². The molecule has 3 heterocycles. The van der Waals surface area contributed by atoms with Crippen LogP contribution < -0.4 is 4.72 Å². The number of pyridine rings is 1. The number of sulfonamides is 1. The van der Waals surface area contributed by atoms with Gasteiger partial charge in [0.05, 0.1) is 4.90 Å². The number of nitrogens with one attached hydrogen (secondary N) is 1. The van der Waals surface area contributed by atoms with E-state index in [0.29, 0.717) is 25.3 Å². The minimum absolute atomic E-state index is 0.163. The molecular weight excluding hydrogens is 458 g/mol. The highest BCUT2D eigenvalue weighted by molar-refractivity contribution is 7.98. The highest BCUT2D eigenvalue weighted by atomic mass is 32.2. The normalized spacial score (nSPS) is 16.2. The molecule has 2 aromatic heterocycles. The highest BCUT2D eigenvalue weighted by Crippen LogP contribution is 2.27. The minimum Gasteiger partial charge on any atom is -0.341 e. The maximum Gasteiger partial charge on any atom is 0.241 e. The maximum atomic E-state index is 13.3. The first-order valence-corrected chi connectivity index (χ1v) is 13.9. The van der Waals surface area contributed by atoms with Crippen LogP contribution >= 0.6 is 11.8 Å². The third-order valence-corrected chi connectivity index (χ3v) is 8.18. The number of likely N-dealkylation sites (tertiary alicyclic amines) is 1. The van der Waals surface area contributed by atoms with Gasteiger partial charge in [-0.15, -0.1) is 10.2 Å². The number of fused-ring (bicyclic) bond motifs is 1. The summed E-state index contributed by atoms with van der Waals surface area (Å²) in [4.78, 5) is 15.3. The van der Waals surface area contributed by atoms with Crippen molar-refractivity contribution in [1.82, 2.24) is 24.2 Å². The standard InChI is InChI=1S/C23H29N5O3S2/c1-17-6-8-19(9-7-17)33(30,31)26-20(12-16-32-2)23(29)27-14-10-18(11-15-27)22-25-24-21-5-3-4-13-28(21)22/h3-9,13,18,20,26H,10-12,14-16H2,1-2H3. The largest absolute Gasteiger partial charge is 0.341 e. The molecule has 8 nitrogen and oxygen atoms in total. The van der Waals surface area contributed by atoms with Gasteiger partial charge in [0.2, 0.25) is 15.9 Å². The Bertz CT molecular complexity index is 1200. The van der Waals surface area contributed by atoms with E-state index in [1.54, 1.807) is 40.9 Å². The molecule has 1 N–H and O–H groups in total. The van der Waals surface area contributed by atoms with Crippen molar-refractivity contribution in [1.29, 1.82) is 0 Å². The quantitative estimate of drug-likeness (QED) is 0.525. The van der Waals surface area contributed by atoms with Crippen molar-refractivity contribution in [2.24, 2.45) is 0 Å². The van der Waals surface area contributed by atoms with E-state index in [9.17, 15) is 13.2 Å². The van der Waals surface area contributed by atoms with Gasteiger partial charge >= 0.3 is 0 Å². The summed E-state index contributed by atoms with van der Waals surface area (Å²) in [6.07, 6.45) is 5.88. The van der Waals surface area contributed by atoms with E-state index in [0.717, 1.165) is 29.9 Å². The third kappa shape index (κ3) is 5.39. The summed E-state index contributed by atoms with van der Waals surface area (Å²) >= 11 is 1.59. The molecule has 1 fully saturated rings. The highest BCUT2D eigenvalue weighted by Gasteiger charge is 2.32. The molecule has 10 heteroatoms. The van der Waals surface area contributed by atoms with E-state index in [-0.39, 0.29) is 16.7 Å². The molecule has 1 aliphatic heterocycles. The second-order valence-corrected chi connectivity index (χ2v) is 11.1. The minimum atomic E-state index is -3.79. The molecule has 0 aliphatic carbocycles. The Balaban J connectivity index is 1.44. The Morgan fingerprint density at radius 1 is 1.15 bits per heavy atom. The number of hydrogen-bond acceptors (Lipinski definition) is 6. The van der Waals surface area contributed by atoms with Gasteiger partial charge in [0.1, 0.15) is 11.9 Å². The van der Waals surface area contributed by atoms with Crippen molar-refractivity contribution >= 4 is 33.3 Å². The fraction of sp³-hybridized carbons (Fsp3) is 0.435. The molecule has 1 atom stereocenters. The number of rotatable bonds is 8. The number of amides is 1. The molecule has 1 saturated heterocycles. The Morgan fingerprint density at radius 3 is 2.58 bits per heavy atom. The van der Waals surface area contributed by atoms with Crippen molar-refractivity contribution < 1.29 is 13.2 Å². The van der Waals surface area contributed by atoms with Crippen molar-refractivity contribution in [3.8, 4) is 0 Å². The lowest BCUT2D eigenvalue weighted by molar-refractivity contribution is -0.134. The Kier molecular flexibility index (Phi) is 7.35. The van der Waals surface area contributed by atoms with Gasteiger partial charge in [0.25, 0.3) is 0 Å². The topological polar surface area (TPSA) is 96.7 Å². The van der Waals surface area contributed by atoms with Crippen LogP contribution in [0.15, 0.2) is 53.6 Å². The van der Waals surface area contributed by atoms with Gasteiger partial charge in [-0.1, -0.05) is 23.8 Å². The van der Waals surface area contributed by atoms with E-state index < -0.39 is 16.1 Å². The van der Waals surface area contributed by atoms with Crippen LogP contribution in [0, 0.1) is 6.92 Å². The van der Waals surface area contributed by atoms with E-state index in [4.69, 9.17) is 0 Å². The van der Waals surface area contributed by atoms with Crippen LogP contribution in [0.3, 0.4) is 0 Å². The second-order valence-electron chi connectivity index (χ2n) is 8.35. The van der Waals surface area contributed by atoms with Crippen molar-refractivity contribution in [3.63, 3.8) is 0 Å². The first kappa shape index (κ1) is 23.7. The zero-order chi connectivity index (χ0) is 23.4. The molecule has 33 heavy (non-hydrogen) atoms. The van der Waals surface area contributed by atoms with Crippen molar-refractivity contribution in [2.45, 2.75) is 43.0 Å². The number of aryl methyl sites for hydroxylation is 1. The van der Waals surface area contributed by atoms with Crippen LogP contribution in [0.25, 0.3) is 5.65 Å². The van der Waals surface area contributed by atoms with Gasteiger partial charge in [-0.05, 0) is 62.5 Å². The molecular formula is C23H29N5O3S2. The Morgan fingerprint density at radius 2 is 1.88 bits per heavy atom.